The number of carbonyl (C=O) groups is 1. The van der Waals surface area contributed by atoms with Crippen molar-refractivity contribution >= 4 is 27.5 Å². The summed E-state index contributed by atoms with van der Waals surface area (Å²) in [5.41, 5.74) is 1.84. The summed E-state index contributed by atoms with van der Waals surface area (Å²) < 4.78 is 12.2. The predicted octanol–water partition coefficient (Wildman–Crippen LogP) is 3.34. The zero-order valence-electron chi connectivity index (χ0n) is 13.2. The van der Waals surface area contributed by atoms with Gasteiger partial charge in [-0.1, -0.05) is 28.1 Å². The van der Waals surface area contributed by atoms with Crippen LogP contribution < -0.4 is 20.1 Å². The summed E-state index contributed by atoms with van der Waals surface area (Å²) in [6, 6.07) is 13.4. The molecule has 6 heteroatoms. The van der Waals surface area contributed by atoms with Crippen LogP contribution in [-0.4, -0.2) is 25.7 Å². The molecular formula is C18H19BrN2O3. The number of para-hydroxylation sites is 1. The standard InChI is InChI=1S/C18H19BrN2O3/c19-14-4-6-15(7-5-14)21-17(22)8-9-20-12-13-2-1-3-16-18(13)24-11-10-23-16/h1-7,20H,8-12H2,(H,21,22). The van der Waals surface area contributed by atoms with Gasteiger partial charge in [0.25, 0.3) is 0 Å². The molecule has 1 aliphatic heterocycles. The highest BCUT2D eigenvalue weighted by atomic mass is 79.9. The van der Waals surface area contributed by atoms with E-state index < -0.39 is 0 Å². The molecule has 126 valence electrons. The predicted molar refractivity (Wildman–Crippen MR) is 96.5 cm³/mol. The second kappa shape index (κ2) is 8.17. The molecule has 2 aromatic rings. The third kappa shape index (κ3) is 4.49. The van der Waals surface area contributed by atoms with Gasteiger partial charge in [0, 0.05) is 35.2 Å². The normalized spacial score (nSPS) is 12.7. The van der Waals surface area contributed by atoms with Crippen molar-refractivity contribution in [1.29, 1.82) is 0 Å². The fraction of sp³-hybridized carbons (Fsp3) is 0.278. The smallest absolute Gasteiger partial charge is 0.225 e. The van der Waals surface area contributed by atoms with Crippen LogP contribution in [-0.2, 0) is 11.3 Å². The van der Waals surface area contributed by atoms with Crippen LogP contribution >= 0.6 is 15.9 Å². The number of halogens is 1. The minimum atomic E-state index is -0.0144. The van der Waals surface area contributed by atoms with E-state index in [9.17, 15) is 4.79 Å². The fourth-order valence-corrected chi connectivity index (χ4v) is 2.72. The van der Waals surface area contributed by atoms with Crippen LogP contribution in [0.4, 0.5) is 5.69 Å². The summed E-state index contributed by atoms with van der Waals surface area (Å²) in [6.45, 7) is 2.38. The maximum absolute atomic E-state index is 11.9. The molecule has 0 radical (unpaired) electrons. The quantitative estimate of drug-likeness (QED) is 0.742. The average molecular weight is 391 g/mol. The molecule has 0 spiro atoms. The van der Waals surface area contributed by atoms with E-state index in [2.05, 4.69) is 26.6 Å². The van der Waals surface area contributed by atoms with Gasteiger partial charge in [-0.3, -0.25) is 4.79 Å². The third-order valence-electron chi connectivity index (χ3n) is 3.62. The Hall–Kier alpha value is -2.05. The Morgan fingerprint density at radius 1 is 1.08 bits per heavy atom. The van der Waals surface area contributed by atoms with E-state index in [0.29, 0.717) is 32.7 Å². The van der Waals surface area contributed by atoms with Crippen molar-refractivity contribution in [3.8, 4) is 11.5 Å². The fourth-order valence-electron chi connectivity index (χ4n) is 2.46. The van der Waals surface area contributed by atoms with Crippen LogP contribution in [0.15, 0.2) is 46.9 Å². The van der Waals surface area contributed by atoms with Crippen LogP contribution in [0.25, 0.3) is 0 Å². The zero-order chi connectivity index (χ0) is 16.8. The Morgan fingerprint density at radius 3 is 2.71 bits per heavy atom. The van der Waals surface area contributed by atoms with E-state index >= 15 is 0 Å². The SMILES string of the molecule is O=C(CCNCc1cccc2c1OCCO2)Nc1ccc(Br)cc1. The van der Waals surface area contributed by atoms with Crippen LogP contribution in [0.1, 0.15) is 12.0 Å². The first-order valence-corrected chi connectivity index (χ1v) is 8.65. The van der Waals surface area contributed by atoms with Crippen LogP contribution in [0.3, 0.4) is 0 Å². The van der Waals surface area contributed by atoms with Gasteiger partial charge >= 0.3 is 0 Å². The van der Waals surface area contributed by atoms with Crippen molar-refractivity contribution in [2.75, 3.05) is 25.1 Å². The summed E-state index contributed by atoms with van der Waals surface area (Å²) in [4.78, 5) is 11.9. The number of fused-ring (bicyclic) bond motifs is 1. The van der Waals surface area contributed by atoms with Crippen LogP contribution in [0.5, 0.6) is 11.5 Å². The molecule has 0 aliphatic carbocycles. The van der Waals surface area contributed by atoms with Crippen molar-refractivity contribution < 1.29 is 14.3 Å². The highest BCUT2D eigenvalue weighted by Crippen LogP contribution is 2.33. The molecule has 1 amide bonds. The number of nitrogens with one attached hydrogen (secondary N) is 2. The number of hydrogen-bond acceptors (Lipinski definition) is 4. The lowest BCUT2D eigenvalue weighted by Gasteiger charge is -2.21. The second-order valence-corrected chi connectivity index (χ2v) is 6.34. The highest BCUT2D eigenvalue weighted by Gasteiger charge is 2.15. The summed E-state index contributed by atoms with van der Waals surface area (Å²) >= 11 is 3.37. The van der Waals surface area contributed by atoms with E-state index in [1.807, 2.05) is 42.5 Å². The van der Waals surface area contributed by atoms with Crippen LogP contribution in [0, 0.1) is 0 Å². The van der Waals surface area contributed by atoms with E-state index in [4.69, 9.17) is 9.47 Å². The molecule has 3 rings (SSSR count). The Morgan fingerprint density at radius 2 is 1.88 bits per heavy atom. The molecule has 1 heterocycles. The van der Waals surface area contributed by atoms with Gasteiger partial charge in [0.05, 0.1) is 0 Å². The Bertz CT molecular complexity index is 704. The number of hydrogen-bond donors (Lipinski definition) is 2. The van der Waals surface area contributed by atoms with Crippen molar-refractivity contribution in [3.63, 3.8) is 0 Å². The summed E-state index contributed by atoms with van der Waals surface area (Å²) in [5, 5.41) is 6.15. The summed E-state index contributed by atoms with van der Waals surface area (Å²) in [6.07, 6.45) is 0.405. The van der Waals surface area contributed by atoms with Gasteiger partial charge in [0.2, 0.25) is 5.91 Å². The number of ether oxygens (including phenoxy) is 2. The zero-order valence-corrected chi connectivity index (χ0v) is 14.8. The molecule has 5 nitrogen and oxygen atoms in total. The number of amides is 1. The Kier molecular flexibility index (Phi) is 5.72. The topological polar surface area (TPSA) is 59.6 Å². The Labute approximate surface area is 149 Å². The van der Waals surface area contributed by atoms with E-state index in [-0.39, 0.29) is 5.91 Å². The third-order valence-corrected chi connectivity index (χ3v) is 4.15. The summed E-state index contributed by atoms with van der Waals surface area (Å²) in [7, 11) is 0. The van der Waals surface area contributed by atoms with E-state index in [1.165, 1.54) is 0 Å². The lowest BCUT2D eigenvalue weighted by Crippen LogP contribution is -2.23. The molecule has 0 atom stereocenters. The van der Waals surface area contributed by atoms with Gasteiger partial charge in [-0.25, -0.2) is 0 Å². The monoisotopic (exact) mass is 390 g/mol. The van der Waals surface area contributed by atoms with Crippen molar-refractivity contribution in [2.45, 2.75) is 13.0 Å². The molecule has 1 aliphatic rings. The van der Waals surface area contributed by atoms with Crippen molar-refractivity contribution in [1.82, 2.24) is 5.32 Å². The lowest BCUT2D eigenvalue weighted by atomic mass is 10.1. The van der Waals surface area contributed by atoms with Gasteiger partial charge < -0.3 is 20.1 Å². The molecule has 0 saturated heterocycles. The average Bonchev–Trinajstić information content (AvgIpc) is 2.61. The molecule has 0 saturated carbocycles. The summed E-state index contributed by atoms with van der Waals surface area (Å²) in [5.74, 6) is 1.57. The number of benzene rings is 2. The first kappa shape index (κ1) is 16.8. The van der Waals surface area contributed by atoms with Gasteiger partial charge in [0.1, 0.15) is 13.2 Å². The maximum Gasteiger partial charge on any atom is 0.225 e. The number of carbonyl (C=O) groups excluding carboxylic acids is 1. The van der Waals surface area contributed by atoms with E-state index in [0.717, 1.165) is 27.2 Å². The van der Waals surface area contributed by atoms with Crippen molar-refractivity contribution in [2.24, 2.45) is 0 Å². The van der Waals surface area contributed by atoms with Crippen molar-refractivity contribution in [3.05, 3.63) is 52.5 Å². The highest BCUT2D eigenvalue weighted by molar-refractivity contribution is 9.10. The minimum absolute atomic E-state index is 0.0144. The second-order valence-electron chi connectivity index (χ2n) is 5.42. The molecule has 2 N–H and O–H groups in total. The van der Waals surface area contributed by atoms with Gasteiger partial charge in [-0.15, -0.1) is 0 Å². The van der Waals surface area contributed by atoms with Gasteiger partial charge in [-0.2, -0.15) is 0 Å². The molecule has 2 aromatic carbocycles. The first-order chi connectivity index (χ1) is 11.7. The number of anilines is 1. The van der Waals surface area contributed by atoms with E-state index in [1.54, 1.807) is 0 Å². The Balaban J connectivity index is 1.44. The van der Waals surface area contributed by atoms with Gasteiger partial charge in [0.15, 0.2) is 11.5 Å². The maximum atomic E-state index is 11.9. The molecule has 0 fully saturated rings. The first-order valence-electron chi connectivity index (χ1n) is 7.86. The van der Waals surface area contributed by atoms with Gasteiger partial charge in [-0.05, 0) is 30.3 Å². The largest absolute Gasteiger partial charge is 0.486 e. The number of rotatable bonds is 6. The van der Waals surface area contributed by atoms with Crippen LogP contribution in [0.2, 0.25) is 0 Å². The lowest BCUT2D eigenvalue weighted by molar-refractivity contribution is -0.116. The molecule has 0 aromatic heterocycles. The molecule has 0 bridgehead atoms. The molecular weight excluding hydrogens is 372 g/mol. The molecule has 0 unspecified atom stereocenters. The molecule has 24 heavy (non-hydrogen) atoms. The minimum Gasteiger partial charge on any atom is -0.486 e.